The van der Waals surface area contributed by atoms with Crippen molar-refractivity contribution >= 4 is 31.9 Å². The number of aliphatic hydroxyl groups is 1. The molecule has 0 unspecified atom stereocenters. The lowest BCUT2D eigenvalue weighted by atomic mass is 10.2. The van der Waals surface area contributed by atoms with Crippen molar-refractivity contribution < 1.29 is 33.5 Å². The molecule has 0 saturated heterocycles. The number of aliphatic hydroxyl groups excluding tert-OH is 1. The molecule has 0 radical (unpaired) electrons. The van der Waals surface area contributed by atoms with Gasteiger partial charge in [-0.15, -0.1) is 0 Å². The number of benzene rings is 1. The van der Waals surface area contributed by atoms with Gasteiger partial charge in [0.25, 0.3) is 0 Å². The zero-order valence-corrected chi connectivity index (χ0v) is 19.2. The number of ether oxygens (including phenoxy) is 6. The maximum Gasteiger partial charge on any atom is 0.123 e. The first kappa shape index (κ1) is 25.6. The van der Waals surface area contributed by atoms with Gasteiger partial charge in [-0.25, -0.2) is 0 Å². The van der Waals surface area contributed by atoms with E-state index >= 15 is 0 Å². The normalized spacial score (nSPS) is 11.0. The summed E-state index contributed by atoms with van der Waals surface area (Å²) in [6, 6.07) is 5.35. The molecule has 0 aromatic heterocycles. The van der Waals surface area contributed by atoms with E-state index in [1.165, 1.54) is 0 Å². The third-order valence-electron chi connectivity index (χ3n) is 3.30. The molecule has 0 fully saturated rings. The Kier molecular flexibility index (Phi) is 17.0. The van der Waals surface area contributed by atoms with Gasteiger partial charge in [0.05, 0.1) is 59.5 Å². The van der Waals surface area contributed by atoms with E-state index in [0.717, 1.165) is 16.2 Å². The fraction of sp³-hybridized carbons (Fsp3) is 0.684. The summed E-state index contributed by atoms with van der Waals surface area (Å²) in [6.45, 7) is 5.18. The van der Waals surface area contributed by atoms with Crippen molar-refractivity contribution in [2.45, 2.75) is 6.61 Å². The van der Waals surface area contributed by atoms with Gasteiger partial charge in [0, 0.05) is 16.7 Å². The van der Waals surface area contributed by atoms with Crippen LogP contribution in [0.4, 0.5) is 0 Å². The van der Waals surface area contributed by atoms with Crippen molar-refractivity contribution in [3.63, 3.8) is 0 Å². The van der Waals surface area contributed by atoms with Gasteiger partial charge >= 0.3 is 0 Å². The van der Waals surface area contributed by atoms with E-state index < -0.39 is 0 Å². The molecule has 0 bridgehead atoms. The standard InChI is InChI=1S/C19H30Br2O7/c20-1-3-23-5-7-25-9-11-27-18-13-17(16-22)14-19(15-18)28-12-10-26-8-6-24-4-2-21/h13-15,22H,1-12,16H2. The lowest BCUT2D eigenvalue weighted by Crippen LogP contribution is -2.12. The quantitative estimate of drug-likeness (QED) is 0.218. The van der Waals surface area contributed by atoms with Gasteiger partial charge in [-0.1, -0.05) is 31.9 Å². The number of alkyl halides is 2. The first-order chi connectivity index (χ1) is 13.8. The molecule has 9 heteroatoms. The highest BCUT2D eigenvalue weighted by molar-refractivity contribution is 9.09. The molecular weight excluding hydrogens is 500 g/mol. The SMILES string of the molecule is OCc1cc(OCCOCCOCCBr)cc(OCCOCCOCCBr)c1. The van der Waals surface area contributed by atoms with Crippen LogP contribution in [0.3, 0.4) is 0 Å². The first-order valence-corrected chi connectivity index (χ1v) is 11.5. The summed E-state index contributed by atoms with van der Waals surface area (Å²) in [6.07, 6.45) is 0. The summed E-state index contributed by atoms with van der Waals surface area (Å²) < 4.78 is 32.8. The van der Waals surface area contributed by atoms with Crippen molar-refractivity contribution in [3.05, 3.63) is 23.8 Å². The molecule has 0 atom stereocenters. The maximum atomic E-state index is 9.42. The van der Waals surface area contributed by atoms with Gasteiger partial charge in [0.15, 0.2) is 0 Å². The summed E-state index contributed by atoms with van der Waals surface area (Å²) in [4.78, 5) is 0. The van der Waals surface area contributed by atoms with Crippen molar-refractivity contribution in [2.24, 2.45) is 0 Å². The second-order valence-electron chi connectivity index (χ2n) is 5.50. The fourth-order valence-electron chi connectivity index (χ4n) is 2.08. The topological polar surface area (TPSA) is 75.6 Å². The van der Waals surface area contributed by atoms with Crippen molar-refractivity contribution in [1.29, 1.82) is 0 Å². The Hall–Kier alpha value is -0.420. The molecule has 1 aromatic carbocycles. The van der Waals surface area contributed by atoms with Gasteiger partial charge in [0.1, 0.15) is 24.7 Å². The number of hydrogen-bond donors (Lipinski definition) is 1. The lowest BCUT2D eigenvalue weighted by Gasteiger charge is -2.12. The van der Waals surface area contributed by atoms with Crippen molar-refractivity contribution in [1.82, 2.24) is 0 Å². The van der Waals surface area contributed by atoms with Gasteiger partial charge in [0.2, 0.25) is 0 Å². The molecule has 1 N–H and O–H groups in total. The third-order valence-corrected chi connectivity index (χ3v) is 3.95. The second-order valence-corrected chi connectivity index (χ2v) is 7.08. The largest absolute Gasteiger partial charge is 0.491 e. The average Bonchev–Trinajstić information content (AvgIpc) is 2.71. The highest BCUT2D eigenvalue weighted by atomic mass is 79.9. The van der Waals surface area contributed by atoms with E-state index in [1.807, 2.05) is 0 Å². The summed E-state index contributed by atoms with van der Waals surface area (Å²) in [5.41, 5.74) is 0.723. The van der Waals surface area contributed by atoms with E-state index in [0.29, 0.717) is 77.6 Å². The van der Waals surface area contributed by atoms with Crippen LogP contribution >= 0.6 is 31.9 Å². The lowest BCUT2D eigenvalue weighted by molar-refractivity contribution is 0.0405. The van der Waals surface area contributed by atoms with Gasteiger partial charge in [-0.3, -0.25) is 0 Å². The number of halogens is 2. The predicted molar refractivity (Wildman–Crippen MR) is 114 cm³/mol. The summed E-state index contributed by atoms with van der Waals surface area (Å²) >= 11 is 6.59. The molecule has 28 heavy (non-hydrogen) atoms. The van der Waals surface area contributed by atoms with Crippen LogP contribution in [0.15, 0.2) is 18.2 Å². The molecule has 0 aliphatic carbocycles. The van der Waals surface area contributed by atoms with Crippen LogP contribution < -0.4 is 9.47 Å². The van der Waals surface area contributed by atoms with Crippen LogP contribution in [0.5, 0.6) is 11.5 Å². The van der Waals surface area contributed by atoms with Gasteiger partial charge in [-0.2, -0.15) is 0 Å². The van der Waals surface area contributed by atoms with Crippen LogP contribution in [-0.4, -0.2) is 81.8 Å². The Morgan fingerprint density at radius 3 is 1.36 bits per heavy atom. The molecule has 0 aliphatic rings. The summed E-state index contributed by atoms with van der Waals surface area (Å²) in [5, 5.41) is 11.1. The monoisotopic (exact) mass is 528 g/mol. The molecule has 7 nitrogen and oxygen atoms in total. The minimum absolute atomic E-state index is 0.0869. The van der Waals surface area contributed by atoms with Gasteiger partial charge in [-0.05, 0) is 17.7 Å². The van der Waals surface area contributed by atoms with E-state index in [2.05, 4.69) is 31.9 Å². The van der Waals surface area contributed by atoms with E-state index in [4.69, 9.17) is 28.4 Å². The second kappa shape index (κ2) is 18.6. The molecule has 162 valence electrons. The Morgan fingerprint density at radius 2 is 0.964 bits per heavy atom. The molecular formula is C19H30Br2O7. The highest BCUT2D eigenvalue weighted by Gasteiger charge is 2.04. The van der Waals surface area contributed by atoms with Crippen LogP contribution in [0.25, 0.3) is 0 Å². The smallest absolute Gasteiger partial charge is 0.123 e. The maximum absolute atomic E-state index is 9.42. The van der Waals surface area contributed by atoms with Crippen LogP contribution in [0.2, 0.25) is 0 Å². The summed E-state index contributed by atoms with van der Waals surface area (Å²) in [5.74, 6) is 1.26. The Morgan fingerprint density at radius 1 is 0.571 bits per heavy atom. The Labute approximate surface area is 183 Å². The number of rotatable bonds is 19. The number of hydrogen-bond acceptors (Lipinski definition) is 7. The van der Waals surface area contributed by atoms with Gasteiger partial charge < -0.3 is 33.5 Å². The third kappa shape index (κ3) is 13.7. The Bertz CT molecular complexity index is 453. The van der Waals surface area contributed by atoms with Crippen LogP contribution in [0, 0.1) is 0 Å². The first-order valence-electron chi connectivity index (χ1n) is 9.23. The zero-order valence-electron chi connectivity index (χ0n) is 16.1. The van der Waals surface area contributed by atoms with E-state index in [-0.39, 0.29) is 6.61 Å². The highest BCUT2D eigenvalue weighted by Crippen LogP contribution is 2.23. The zero-order chi connectivity index (χ0) is 20.3. The van der Waals surface area contributed by atoms with E-state index in [9.17, 15) is 5.11 Å². The van der Waals surface area contributed by atoms with Crippen LogP contribution in [-0.2, 0) is 25.6 Å². The fourth-order valence-corrected chi connectivity index (χ4v) is 2.54. The molecule has 0 heterocycles. The molecule has 1 aromatic rings. The summed E-state index contributed by atoms with van der Waals surface area (Å²) in [7, 11) is 0. The van der Waals surface area contributed by atoms with Crippen LogP contribution in [0.1, 0.15) is 5.56 Å². The van der Waals surface area contributed by atoms with Crippen molar-refractivity contribution in [2.75, 3.05) is 76.7 Å². The molecule has 0 saturated carbocycles. The van der Waals surface area contributed by atoms with Crippen molar-refractivity contribution in [3.8, 4) is 11.5 Å². The minimum atomic E-state index is -0.0869. The molecule has 0 amide bonds. The minimum Gasteiger partial charge on any atom is -0.491 e. The molecule has 1 rings (SSSR count). The molecule has 0 aliphatic heterocycles. The average molecular weight is 530 g/mol. The predicted octanol–water partition coefficient (Wildman–Crippen LogP) is 2.79. The Balaban J connectivity index is 2.22. The van der Waals surface area contributed by atoms with E-state index in [1.54, 1.807) is 18.2 Å². The molecule has 0 spiro atoms.